The standard InChI is InChI=1S/C20H39N3O2S2/c1-15(2)22-18(20(25)23-16(3)4)10-7-8-13-21-19(24)11-6-5-9-17-12-14-26-27-17/h15-18,22H,5-14H2,1-4H3,(H,21,24)(H,23,25)/t17?,18-/m0/s1. The van der Waals surface area contributed by atoms with E-state index < -0.39 is 0 Å². The minimum Gasteiger partial charge on any atom is -0.356 e. The van der Waals surface area contributed by atoms with E-state index in [1.165, 1.54) is 18.6 Å². The maximum Gasteiger partial charge on any atom is 0.237 e. The molecule has 0 spiro atoms. The zero-order chi connectivity index (χ0) is 20.1. The minimum absolute atomic E-state index is 0.0709. The lowest BCUT2D eigenvalue weighted by Crippen LogP contribution is -2.48. The van der Waals surface area contributed by atoms with Crippen LogP contribution in [0.3, 0.4) is 0 Å². The van der Waals surface area contributed by atoms with Crippen LogP contribution in [-0.4, -0.2) is 47.5 Å². The first-order chi connectivity index (χ1) is 12.9. The van der Waals surface area contributed by atoms with Crippen molar-refractivity contribution in [2.75, 3.05) is 12.3 Å². The summed E-state index contributed by atoms with van der Waals surface area (Å²) in [7, 11) is 3.99. The third kappa shape index (κ3) is 12.6. The molecule has 3 N–H and O–H groups in total. The number of hydrogen-bond donors (Lipinski definition) is 3. The smallest absolute Gasteiger partial charge is 0.237 e. The maximum atomic E-state index is 12.3. The van der Waals surface area contributed by atoms with Gasteiger partial charge in [0.25, 0.3) is 0 Å². The number of carbonyl (C=O) groups excluding carboxylic acids is 2. The van der Waals surface area contributed by atoms with Gasteiger partial charge < -0.3 is 16.0 Å². The molecule has 0 aliphatic carbocycles. The Labute approximate surface area is 173 Å². The van der Waals surface area contributed by atoms with Crippen LogP contribution in [0, 0.1) is 0 Å². The molecule has 158 valence electrons. The minimum atomic E-state index is -0.158. The van der Waals surface area contributed by atoms with Gasteiger partial charge in [-0.2, -0.15) is 0 Å². The van der Waals surface area contributed by atoms with E-state index in [2.05, 4.69) is 29.8 Å². The molecule has 0 radical (unpaired) electrons. The zero-order valence-corrected chi connectivity index (χ0v) is 19.1. The second kappa shape index (κ2) is 14.6. The fraction of sp³-hybridized carbons (Fsp3) is 0.900. The summed E-state index contributed by atoms with van der Waals surface area (Å²) in [5.41, 5.74) is 0. The number of rotatable bonds is 14. The van der Waals surface area contributed by atoms with Gasteiger partial charge in [0.05, 0.1) is 6.04 Å². The van der Waals surface area contributed by atoms with Crippen LogP contribution in [0.5, 0.6) is 0 Å². The van der Waals surface area contributed by atoms with Gasteiger partial charge in [-0.15, -0.1) is 0 Å². The molecule has 1 aliphatic rings. The highest BCUT2D eigenvalue weighted by atomic mass is 33.1. The quantitative estimate of drug-likeness (QED) is 0.296. The average Bonchev–Trinajstić information content (AvgIpc) is 3.09. The van der Waals surface area contributed by atoms with Crippen LogP contribution >= 0.6 is 21.6 Å². The number of carbonyl (C=O) groups is 2. The predicted octanol–water partition coefficient (Wildman–Crippen LogP) is 3.88. The molecule has 1 rings (SSSR count). The van der Waals surface area contributed by atoms with Gasteiger partial charge >= 0.3 is 0 Å². The molecule has 5 nitrogen and oxygen atoms in total. The van der Waals surface area contributed by atoms with Crippen LogP contribution in [0.15, 0.2) is 0 Å². The van der Waals surface area contributed by atoms with E-state index in [-0.39, 0.29) is 29.9 Å². The monoisotopic (exact) mass is 417 g/mol. The lowest BCUT2D eigenvalue weighted by Gasteiger charge is -2.22. The van der Waals surface area contributed by atoms with Crippen LogP contribution in [0.4, 0.5) is 0 Å². The van der Waals surface area contributed by atoms with Crippen molar-refractivity contribution in [2.45, 2.75) is 102 Å². The lowest BCUT2D eigenvalue weighted by atomic mass is 10.1. The lowest BCUT2D eigenvalue weighted by molar-refractivity contribution is -0.124. The van der Waals surface area contributed by atoms with E-state index in [9.17, 15) is 9.59 Å². The molecule has 0 aromatic rings. The molecule has 27 heavy (non-hydrogen) atoms. The summed E-state index contributed by atoms with van der Waals surface area (Å²) in [4.78, 5) is 24.2. The van der Waals surface area contributed by atoms with Gasteiger partial charge in [0, 0.05) is 36.1 Å². The zero-order valence-electron chi connectivity index (χ0n) is 17.5. The summed E-state index contributed by atoms with van der Waals surface area (Å²) < 4.78 is 0. The van der Waals surface area contributed by atoms with Crippen LogP contribution in [-0.2, 0) is 9.59 Å². The Kier molecular flexibility index (Phi) is 13.3. The molecule has 1 unspecified atom stereocenters. The van der Waals surface area contributed by atoms with Gasteiger partial charge in [-0.3, -0.25) is 9.59 Å². The van der Waals surface area contributed by atoms with E-state index in [1.807, 2.05) is 35.4 Å². The highest BCUT2D eigenvalue weighted by Gasteiger charge is 2.19. The molecule has 1 aliphatic heterocycles. The summed E-state index contributed by atoms with van der Waals surface area (Å²) in [6.07, 6.45) is 7.97. The highest BCUT2D eigenvalue weighted by molar-refractivity contribution is 8.77. The molecular weight excluding hydrogens is 378 g/mol. The van der Waals surface area contributed by atoms with Crippen molar-refractivity contribution >= 4 is 33.4 Å². The van der Waals surface area contributed by atoms with Crippen molar-refractivity contribution in [3.05, 3.63) is 0 Å². The van der Waals surface area contributed by atoms with E-state index in [4.69, 9.17) is 0 Å². The molecule has 2 amide bonds. The second-order valence-electron chi connectivity index (χ2n) is 7.96. The molecule has 1 heterocycles. The van der Waals surface area contributed by atoms with Crippen molar-refractivity contribution in [2.24, 2.45) is 0 Å². The van der Waals surface area contributed by atoms with Crippen LogP contribution < -0.4 is 16.0 Å². The summed E-state index contributed by atoms with van der Waals surface area (Å²) in [6.45, 7) is 8.77. The first-order valence-electron chi connectivity index (χ1n) is 10.5. The third-order valence-electron chi connectivity index (χ3n) is 4.43. The van der Waals surface area contributed by atoms with E-state index in [0.717, 1.165) is 37.4 Å². The fourth-order valence-corrected chi connectivity index (χ4v) is 6.12. The average molecular weight is 418 g/mol. The second-order valence-corrected chi connectivity index (χ2v) is 10.7. The van der Waals surface area contributed by atoms with Crippen molar-refractivity contribution < 1.29 is 9.59 Å². The van der Waals surface area contributed by atoms with Gasteiger partial charge in [-0.1, -0.05) is 41.9 Å². The number of unbranched alkanes of at least 4 members (excludes halogenated alkanes) is 2. The molecule has 0 aromatic heterocycles. The highest BCUT2D eigenvalue weighted by Crippen LogP contribution is 2.39. The first-order valence-corrected chi connectivity index (χ1v) is 12.9. The largest absolute Gasteiger partial charge is 0.356 e. The van der Waals surface area contributed by atoms with Crippen LogP contribution in [0.1, 0.15) is 79.1 Å². The van der Waals surface area contributed by atoms with Crippen molar-refractivity contribution in [1.29, 1.82) is 0 Å². The van der Waals surface area contributed by atoms with Crippen molar-refractivity contribution in [3.63, 3.8) is 0 Å². The molecule has 7 heteroatoms. The molecule has 2 atom stereocenters. The van der Waals surface area contributed by atoms with Crippen molar-refractivity contribution in [1.82, 2.24) is 16.0 Å². The predicted molar refractivity (Wildman–Crippen MR) is 119 cm³/mol. The van der Waals surface area contributed by atoms with Gasteiger partial charge in [0.2, 0.25) is 11.8 Å². The summed E-state index contributed by atoms with van der Waals surface area (Å²) in [5.74, 6) is 1.52. The molecule has 0 aromatic carbocycles. The number of amides is 2. The molecule has 1 fully saturated rings. The van der Waals surface area contributed by atoms with Gasteiger partial charge in [-0.05, 0) is 52.4 Å². The van der Waals surface area contributed by atoms with Gasteiger partial charge in [0.1, 0.15) is 0 Å². The van der Waals surface area contributed by atoms with E-state index in [0.29, 0.717) is 13.0 Å². The molecule has 0 bridgehead atoms. The summed E-state index contributed by atoms with van der Waals surface area (Å²) in [6, 6.07) is 0.267. The maximum absolute atomic E-state index is 12.3. The molecular formula is C20H39N3O2S2. The van der Waals surface area contributed by atoms with Crippen LogP contribution in [0.25, 0.3) is 0 Å². The Bertz CT molecular complexity index is 427. The van der Waals surface area contributed by atoms with E-state index >= 15 is 0 Å². The Balaban J connectivity index is 2.08. The topological polar surface area (TPSA) is 70.2 Å². The normalized spacial score (nSPS) is 18.1. The number of nitrogens with one attached hydrogen (secondary N) is 3. The third-order valence-corrected chi connectivity index (χ3v) is 7.44. The Morgan fingerprint density at radius 1 is 1.04 bits per heavy atom. The Morgan fingerprint density at radius 2 is 1.81 bits per heavy atom. The Hall–Kier alpha value is -0.400. The fourth-order valence-electron chi connectivity index (χ4n) is 3.09. The molecule has 1 saturated heterocycles. The summed E-state index contributed by atoms with van der Waals surface area (Å²) in [5, 5.41) is 10.1. The summed E-state index contributed by atoms with van der Waals surface area (Å²) >= 11 is 0. The van der Waals surface area contributed by atoms with Crippen molar-refractivity contribution in [3.8, 4) is 0 Å². The molecule has 0 saturated carbocycles. The van der Waals surface area contributed by atoms with Gasteiger partial charge in [-0.25, -0.2) is 0 Å². The van der Waals surface area contributed by atoms with Gasteiger partial charge in [0.15, 0.2) is 0 Å². The Morgan fingerprint density at radius 3 is 2.44 bits per heavy atom. The first kappa shape index (κ1) is 24.6. The van der Waals surface area contributed by atoms with E-state index in [1.54, 1.807) is 0 Å². The SMILES string of the molecule is CC(C)NC(=O)[C@H](CCCCNC(=O)CCCCC1CCSS1)NC(C)C. The van der Waals surface area contributed by atoms with Crippen LogP contribution in [0.2, 0.25) is 0 Å². The number of hydrogen-bond acceptors (Lipinski definition) is 5.